The van der Waals surface area contributed by atoms with E-state index in [1.54, 1.807) is 38.3 Å². The van der Waals surface area contributed by atoms with Crippen LogP contribution in [-0.2, 0) is 4.79 Å². The summed E-state index contributed by atoms with van der Waals surface area (Å²) in [6, 6.07) is 13.5. The first-order chi connectivity index (χ1) is 13.5. The van der Waals surface area contributed by atoms with Crippen LogP contribution in [0, 0.1) is 0 Å². The van der Waals surface area contributed by atoms with Crippen molar-refractivity contribution in [3.63, 3.8) is 0 Å². The molecule has 0 aliphatic carbocycles. The molecule has 7 heteroatoms. The number of nitrogens with one attached hydrogen (secondary N) is 3. The summed E-state index contributed by atoms with van der Waals surface area (Å²) in [5.41, 5.74) is 2.27. The number of amides is 3. The van der Waals surface area contributed by atoms with Crippen LogP contribution in [0.2, 0.25) is 0 Å². The highest BCUT2D eigenvalue weighted by Crippen LogP contribution is 2.30. The molecule has 0 bridgehead atoms. The van der Waals surface area contributed by atoms with E-state index in [-0.39, 0.29) is 11.9 Å². The summed E-state index contributed by atoms with van der Waals surface area (Å²) in [6.45, 7) is 4.07. The first kappa shape index (κ1) is 19.3. The highest BCUT2D eigenvalue weighted by molar-refractivity contribution is 6.07. The Morgan fingerprint density at radius 1 is 1.14 bits per heavy atom. The lowest BCUT2D eigenvalue weighted by molar-refractivity contribution is -0.113. The fraction of sp³-hybridized carbons (Fsp3) is 0.238. The zero-order chi connectivity index (χ0) is 20.1. The number of allylic oxidation sites excluding steroid dienone is 1. The predicted octanol–water partition coefficient (Wildman–Crippen LogP) is 3.36. The zero-order valence-electron chi connectivity index (χ0n) is 16.0. The van der Waals surface area contributed by atoms with Crippen LogP contribution in [-0.4, -0.2) is 25.7 Å². The van der Waals surface area contributed by atoms with E-state index in [1.807, 2.05) is 31.2 Å². The molecule has 0 radical (unpaired) electrons. The Labute approximate surface area is 163 Å². The number of benzene rings is 2. The van der Waals surface area contributed by atoms with Gasteiger partial charge in [-0.3, -0.25) is 4.79 Å². The average Bonchev–Trinajstić information content (AvgIpc) is 2.69. The first-order valence-corrected chi connectivity index (χ1v) is 8.99. The molecule has 0 saturated carbocycles. The Morgan fingerprint density at radius 3 is 2.54 bits per heavy atom. The Bertz CT molecular complexity index is 906. The summed E-state index contributed by atoms with van der Waals surface area (Å²) < 4.78 is 10.8. The highest BCUT2D eigenvalue weighted by atomic mass is 16.5. The Hall–Kier alpha value is -3.48. The molecule has 3 rings (SSSR count). The van der Waals surface area contributed by atoms with Crippen LogP contribution < -0.4 is 25.4 Å². The smallest absolute Gasteiger partial charge is 0.319 e. The summed E-state index contributed by atoms with van der Waals surface area (Å²) in [6.07, 6.45) is 0. The number of urea groups is 1. The molecule has 1 heterocycles. The summed E-state index contributed by atoms with van der Waals surface area (Å²) in [7, 11) is 1.58. The standard InChI is InChI=1S/C21H23N3O4/c1-4-28-17-8-6-5-7-16(17)23-20(25)18-13(2)22-21(26)24-19(18)14-9-11-15(27-3)12-10-14/h5-12,19H,4H2,1-3H3,(H,23,25)(H2,22,24,26)/t19-/m0/s1. The SMILES string of the molecule is CCOc1ccccc1NC(=O)C1=C(C)NC(=O)N[C@H]1c1ccc(OC)cc1. The normalized spacial score (nSPS) is 16.1. The number of carbonyl (C=O) groups is 2. The van der Waals surface area contributed by atoms with Gasteiger partial charge in [-0.15, -0.1) is 0 Å². The van der Waals surface area contributed by atoms with Crippen molar-refractivity contribution in [2.75, 3.05) is 19.0 Å². The fourth-order valence-corrected chi connectivity index (χ4v) is 3.08. The van der Waals surface area contributed by atoms with Gasteiger partial charge in [0.05, 0.1) is 31.0 Å². The molecule has 1 atom stereocenters. The van der Waals surface area contributed by atoms with Crippen molar-refractivity contribution in [1.29, 1.82) is 0 Å². The van der Waals surface area contributed by atoms with Gasteiger partial charge in [0.1, 0.15) is 11.5 Å². The number of hydrogen-bond acceptors (Lipinski definition) is 4. The lowest BCUT2D eigenvalue weighted by atomic mass is 9.94. The van der Waals surface area contributed by atoms with E-state index in [9.17, 15) is 9.59 Å². The Kier molecular flexibility index (Phi) is 5.84. The minimum absolute atomic E-state index is 0.321. The van der Waals surface area contributed by atoms with Crippen molar-refractivity contribution in [2.45, 2.75) is 19.9 Å². The number of ether oxygens (including phenoxy) is 2. The topological polar surface area (TPSA) is 88.7 Å². The van der Waals surface area contributed by atoms with Crippen molar-refractivity contribution in [2.24, 2.45) is 0 Å². The second-order valence-corrected chi connectivity index (χ2v) is 6.23. The molecule has 3 N–H and O–H groups in total. The fourth-order valence-electron chi connectivity index (χ4n) is 3.08. The molecule has 0 fully saturated rings. The maximum Gasteiger partial charge on any atom is 0.319 e. The molecule has 0 unspecified atom stereocenters. The van der Waals surface area contributed by atoms with E-state index in [1.165, 1.54) is 0 Å². The van der Waals surface area contributed by atoms with Crippen LogP contribution >= 0.6 is 0 Å². The maximum atomic E-state index is 13.1. The van der Waals surface area contributed by atoms with E-state index in [0.717, 1.165) is 5.56 Å². The average molecular weight is 381 g/mol. The number of hydrogen-bond donors (Lipinski definition) is 3. The van der Waals surface area contributed by atoms with Gasteiger partial charge in [0, 0.05) is 5.70 Å². The first-order valence-electron chi connectivity index (χ1n) is 8.99. The highest BCUT2D eigenvalue weighted by Gasteiger charge is 2.31. The molecule has 2 aromatic rings. The number of methoxy groups -OCH3 is 1. The minimum Gasteiger partial charge on any atom is -0.497 e. The molecular formula is C21H23N3O4. The molecule has 0 saturated heterocycles. The van der Waals surface area contributed by atoms with E-state index >= 15 is 0 Å². The van der Waals surface area contributed by atoms with E-state index in [2.05, 4.69) is 16.0 Å². The van der Waals surface area contributed by atoms with Crippen LogP contribution in [0.3, 0.4) is 0 Å². The number of rotatable bonds is 6. The van der Waals surface area contributed by atoms with Gasteiger partial charge < -0.3 is 25.4 Å². The van der Waals surface area contributed by atoms with Crippen LogP contribution in [0.15, 0.2) is 59.8 Å². The maximum absolute atomic E-state index is 13.1. The van der Waals surface area contributed by atoms with Gasteiger partial charge in [-0.1, -0.05) is 24.3 Å². The third kappa shape index (κ3) is 4.09. The summed E-state index contributed by atoms with van der Waals surface area (Å²) in [4.78, 5) is 25.1. The molecular weight excluding hydrogens is 358 g/mol. The molecule has 3 amide bonds. The third-order valence-electron chi connectivity index (χ3n) is 4.40. The van der Waals surface area contributed by atoms with Gasteiger partial charge in [-0.05, 0) is 43.7 Å². The van der Waals surface area contributed by atoms with Crippen molar-refractivity contribution in [3.8, 4) is 11.5 Å². The predicted molar refractivity (Wildman–Crippen MR) is 106 cm³/mol. The molecule has 7 nitrogen and oxygen atoms in total. The molecule has 1 aliphatic rings. The van der Waals surface area contributed by atoms with Crippen molar-refractivity contribution in [1.82, 2.24) is 10.6 Å². The molecule has 1 aliphatic heterocycles. The number of anilines is 1. The zero-order valence-corrected chi connectivity index (χ0v) is 16.0. The third-order valence-corrected chi connectivity index (χ3v) is 4.40. The van der Waals surface area contributed by atoms with Gasteiger partial charge >= 0.3 is 6.03 Å². The second-order valence-electron chi connectivity index (χ2n) is 6.23. The lowest BCUT2D eigenvalue weighted by Crippen LogP contribution is -2.45. The summed E-state index contributed by atoms with van der Waals surface area (Å²) >= 11 is 0. The number of carbonyl (C=O) groups excluding carboxylic acids is 2. The largest absolute Gasteiger partial charge is 0.497 e. The monoisotopic (exact) mass is 381 g/mol. The van der Waals surface area contributed by atoms with E-state index < -0.39 is 6.04 Å². The van der Waals surface area contributed by atoms with Crippen LogP contribution in [0.5, 0.6) is 11.5 Å². The van der Waals surface area contributed by atoms with Gasteiger partial charge in [0.15, 0.2) is 0 Å². The summed E-state index contributed by atoms with van der Waals surface area (Å²) in [5.74, 6) is 0.963. The van der Waals surface area contributed by atoms with E-state index in [4.69, 9.17) is 9.47 Å². The van der Waals surface area contributed by atoms with E-state index in [0.29, 0.717) is 35.1 Å². The molecule has 2 aromatic carbocycles. The molecule has 146 valence electrons. The minimum atomic E-state index is -0.584. The van der Waals surface area contributed by atoms with Gasteiger partial charge in [-0.2, -0.15) is 0 Å². The van der Waals surface area contributed by atoms with Gasteiger partial charge in [-0.25, -0.2) is 4.79 Å². The Balaban J connectivity index is 1.92. The summed E-state index contributed by atoms with van der Waals surface area (Å²) in [5, 5.41) is 8.38. The molecule has 0 spiro atoms. The molecule has 0 aromatic heterocycles. The van der Waals surface area contributed by atoms with Crippen LogP contribution in [0.25, 0.3) is 0 Å². The van der Waals surface area contributed by atoms with Gasteiger partial charge in [0.2, 0.25) is 0 Å². The second kappa shape index (κ2) is 8.47. The van der Waals surface area contributed by atoms with Crippen molar-refractivity contribution < 1.29 is 19.1 Å². The Morgan fingerprint density at radius 2 is 1.86 bits per heavy atom. The number of para-hydroxylation sites is 2. The van der Waals surface area contributed by atoms with Crippen LogP contribution in [0.1, 0.15) is 25.5 Å². The quantitative estimate of drug-likeness (QED) is 0.716. The van der Waals surface area contributed by atoms with Crippen molar-refractivity contribution >= 4 is 17.6 Å². The van der Waals surface area contributed by atoms with Gasteiger partial charge in [0.25, 0.3) is 5.91 Å². The molecule has 28 heavy (non-hydrogen) atoms. The van der Waals surface area contributed by atoms with Crippen LogP contribution in [0.4, 0.5) is 10.5 Å². The lowest BCUT2D eigenvalue weighted by Gasteiger charge is -2.29. The van der Waals surface area contributed by atoms with Crippen molar-refractivity contribution in [3.05, 3.63) is 65.4 Å².